The lowest BCUT2D eigenvalue weighted by Crippen LogP contribution is -2.04. The van der Waals surface area contributed by atoms with Gasteiger partial charge in [-0.1, -0.05) is 0 Å². The highest BCUT2D eigenvalue weighted by molar-refractivity contribution is 5.89. The van der Waals surface area contributed by atoms with E-state index in [0.29, 0.717) is 6.07 Å². The minimum absolute atomic E-state index is 0.459. The lowest BCUT2D eigenvalue weighted by molar-refractivity contribution is 0.0696. The summed E-state index contributed by atoms with van der Waals surface area (Å²) in [5.74, 6) is -2.70. The van der Waals surface area contributed by atoms with E-state index in [9.17, 15) is 18.0 Å². The summed E-state index contributed by atoms with van der Waals surface area (Å²) in [6, 6.07) is 1.36. The number of carboxylic acid groups (broad SMARTS) is 1. The van der Waals surface area contributed by atoms with Crippen LogP contribution in [0.2, 0.25) is 0 Å². The number of nitrogens with two attached hydrogens (primary N) is 1. The number of carbonyl (C=O) groups is 1. The van der Waals surface area contributed by atoms with E-state index in [0.717, 1.165) is 6.07 Å². The minimum Gasteiger partial charge on any atom is -0.478 e. The molecule has 1 aromatic carbocycles. The van der Waals surface area contributed by atoms with Crippen LogP contribution >= 0.6 is 0 Å². The second-order valence-electron chi connectivity index (χ2n) is 2.57. The molecule has 0 heterocycles. The molecule has 0 spiro atoms. The second-order valence-corrected chi connectivity index (χ2v) is 2.57. The van der Waals surface area contributed by atoms with Gasteiger partial charge in [-0.2, -0.15) is 0 Å². The number of halogens is 3. The fourth-order valence-corrected chi connectivity index (χ4v) is 0.952. The summed E-state index contributed by atoms with van der Waals surface area (Å²) in [7, 11) is 0. The van der Waals surface area contributed by atoms with Crippen LogP contribution in [-0.4, -0.2) is 11.1 Å². The number of aromatic carboxylic acids is 1. The molecule has 14 heavy (non-hydrogen) atoms. The van der Waals surface area contributed by atoms with Crippen molar-refractivity contribution in [3.63, 3.8) is 0 Å². The highest BCUT2D eigenvalue weighted by Gasteiger charge is 2.18. The van der Waals surface area contributed by atoms with Gasteiger partial charge in [0.2, 0.25) is 0 Å². The van der Waals surface area contributed by atoms with Crippen molar-refractivity contribution in [1.29, 1.82) is 0 Å². The average Bonchev–Trinajstić information content (AvgIpc) is 2.08. The maximum Gasteiger partial charge on any atom is 0.335 e. The topological polar surface area (TPSA) is 63.3 Å². The van der Waals surface area contributed by atoms with Gasteiger partial charge in [0, 0.05) is 0 Å². The lowest BCUT2D eigenvalue weighted by Gasteiger charge is -2.05. The zero-order valence-electron chi connectivity index (χ0n) is 6.80. The van der Waals surface area contributed by atoms with E-state index in [1.807, 2.05) is 0 Å². The van der Waals surface area contributed by atoms with E-state index in [1.165, 1.54) is 0 Å². The molecule has 0 radical (unpaired) electrons. The van der Waals surface area contributed by atoms with Gasteiger partial charge in [-0.05, 0) is 12.1 Å². The molecule has 0 fully saturated rings. The fourth-order valence-electron chi connectivity index (χ4n) is 0.952. The summed E-state index contributed by atoms with van der Waals surface area (Å²) in [6.45, 7) is 0. The van der Waals surface area contributed by atoms with Gasteiger partial charge in [-0.15, -0.1) is 0 Å². The summed E-state index contributed by atoms with van der Waals surface area (Å²) < 4.78 is 37.2. The van der Waals surface area contributed by atoms with Crippen molar-refractivity contribution < 1.29 is 23.1 Å². The Morgan fingerprint density at radius 3 is 2.43 bits per heavy atom. The number of benzene rings is 1. The largest absolute Gasteiger partial charge is 0.478 e. The van der Waals surface area contributed by atoms with Gasteiger partial charge >= 0.3 is 5.97 Å². The summed E-state index contributed by atoms with van der Waals surface area (Å²) in [4.78, 5) is 10.4. The van der Waals surface area contributed by atoms with Crippen LogP contribution in [0.15, 0.2) is 12.1 Å². The number of nitrogen functional groups attached to an aromatic ring is 1. The van der Waals surface area contributed by atoms with E-state index >= 15 is 0 Å². The van der Waals surface area contributed by atoms with Gasteiger partial charge < -0.3 is 10.8 Å². The summed E-state index contributed by atoms with van der Waals surface area (Å²) >= 11 is 0. The molecule has 0 saturated carbocycles. The Labute approximate surface area is 77.0 Å². The van der Waals surface area contributed by atoms with Crippen molar-refractivity contribution in [2.24, 2.45) is 0 Å². The van der Waals surface area contributed by atoms with Crippen LogP contribution in [-0.2, 0) is 0 Å². The zero-order valence-corrected chi connectivity index (χ0v) is 6.80. The van der Waals surface area contributed by atoms with Gasteiger partial charge in [0.15, 0.2) is 5.82 Å². The number of hydrogen-bond acceptors (Lipinski definition) is 2. The van der Waals surface area contributed by atoms with Gasteiger partial charge in [0.25, 0.3) is 6.43 Å². The first kappa shape index (κ1) is 10.4. The van der Waals surface area contributed by atoms with E-state index < -0.39 is 35.0 Å². The Kier molecular flexibility index (Phi) is 2.64. The molecule has 0 atom stereocenters. The normalized spacial score (nSPS) is 10.6. The third kappa shape index (κ3) is 1.78. The molecule has 0 bridgehead atoms. The third-order valence-corrected chi connectivity index (χ3v) is 1.61. The molecule has 0 aromatic heterocycles. The number of carboxylic acids is 1. The molecule has 0 saturated heterocycles. The molecule has 76 valence electrons. The second kappa shape index (κ2) is 3.57. The molecule has 1 aromatic rings. The standard InChI is InChI=1S/C8H6F3NO2/c9-6-4(7(10)11)1-3(8(13)14)2-5(6)12/h1-2,7H,12H2,(H,13,14). The molecule has 6 heteroatoms. The predicted octanol–water partition coefficient (Wildman–Crippen LogP) is 2.04. The van der Waals surface area contributed by atoms with Crippen molar-refractivity contribution in [2.75, 3.05) is 5.73 Å². The molecule has 3 N–H and O–H groups in total. The molecule has 1 rings (SSSR count). The van der Waals surface area contributed by atoms with Gasteiger partial charge in [-0.25, -0.2) is 18.0 Å². The summed E-state index contributed by atoms with van der Waals surface area (Å²) in [5, 5.41) is 8.48. The predicted molar refractivity (Wildman–Crippen MR) is 42.7 cm³/mol. The first-order chi connectivity index (χ1) is 6.43. The monoisotopic (exact) mass is 205 g/mol. The SMILES string of the molecule is Nc1cc(C(=O)O)cc(C(F)F)c1F. The Hall–Kier alpha value is -1.72. The molecular weight excluding hydrogens is 199 g/mol. The quantitative estimate of drug-likeness (QED) is 0.726. The molecule has 0 aliphatic carbocycles. The number of hydrogen-bond donors (Lipinski definition) is 2. The van der Waals surface area contributed by atoms with Gasteiger partial charge in [-0.3, -0.25) is 0 Å². The van der Waals surface area contributed by atoms with Crippen molar-refractivity contribution in [1.82, 2.24) is 0 Å². The minimum atomic E-state index is -3.09. The zero-order chi connectivity index (χ0) is 10.9. The van der Waals surface area contributed by atoms with E-state index in [1.54, 1.807) is 0 Å². The van der Waals surface area contributed by atoms with Crippen molar-refractivity contribution >= 4 is 11.7 Å². The van der Waals surface area contributed by atoms with Crippen LogP contribution in [0.5, 0.6) is 0 Å². The van der Waals surface area contributed by atoms with Crippen LogP contribution in [0.3, 0.4) is 0 Å². The smallest absolute Gasteiger partial charge is 0.335 e. The highest BCUT2D eigenvalue weighted by Crippen LogP contribution is 2.27. The fraction of sp³-hybridized carbons (Fsp3) is 0.125. The van der Waals surface area contributed by atoms with Crippen molar-refractivity contribution in [3.05, 3.63) is 29.1 Å². The summed E-state index contributed by atoms with van der Waals surface area (Å²) in [5.41, 5.74) is 2.97. The van der Waals surface area contributed by atoms with Crippen LogP contribution in [0.4, 0.5) is 18.9 Å². The number of anilines is 1. The van der Waals surface area contributed by atoms with Crippen molar-refractivity contribution in [3.8, 4) is 0 Å². The third-order valence-electron chi connectivity index (χ3n) is 1.61. The Morgan fingerprint density at radius 2 is 2.00 bits per heavy atom. The van der Waals surface area contributed by atoms with E-state index in [2.05, 4.69) is 0 Å². The van der Waals surface area contributed by atoms with Crippen LogP contribution in [0.1, 0.15) is 22.3 Å². The van der Waals surface area contributed by atoms with E-state index in [-0.39, 0.29) is 0 Å². The summed E-state index contributed by atoms with van der Waals surface area (Å²) in [6.07, 6.45) is -3.09. The van der Waals surface area contributed by atoms with Crippen LogP contribution < -0.4 is 5.73 Å². The molecular formula is C8H6F3NO2. The Morgan fingerprint density at radius 1 is 1.43 bits per heavy atom. The average molecular weight is 205 g/mol. The van der Waals surface area contributed by atoms with Crippen LogP contribution in [0.25, 0.3) is 0 Å². The van der Waals surface area contributed by atoms with Crippen molar-refractivity contribution in [2.45, 2.75) is 6.43 Å². The van der Waals surface area contributed by atoms with Gasteiger partial charge in [0.1, 0.15) is 0 Å². The number of alkyl halides is 2. The molecule has 0 aliphatic heterocycles. The lowest BCUT2D eigenvalue weighted by atomic mass is 10.1. The Balaban J connectivity index is 3.35. The molecule has 0 amide bonds. The first-order valence-corrected chi connectivity index (χ1v) is 3.54. The Bertz CT molecular complexity index is 379. The van der Waals surface area contributed by atoms with Gasteiger partial charge in [0.05, 0.1) is 16.8 Å². The first-order valence-electron chi connectivity index (χ1n) is 3.54. The van der Waals surface area contributed by atoms with E-state index in [4.69, 9.17) is 10.8 Å². The molecule has 0 aliphatic rings. The maximum absolute atomic E-state index is 12.9. The molecule has 0 unspecified atom stereocenters. The number of rotatable bonds is 2. The highest BCUT2D eigenvalue weighted by atomic mass is 19.3. The maximum atomic E-state index is 12.9. The van der Waals surface area contributed by atoms with Crippen LogP contribution in [0, 0.1) is 5.82 Å². The molecule has 3 nitrogen and oxygen atoms in total.